The summed E-state index contributed by atoms with van der Waals surface area (Å²) in [5, 5.41) is 15.4. The van der Waals surface area contributed by atoms with E-state index in [1.807, 2.05) is 24.3 Å². The molecule has 0 unspecified atom stereocenters. The molecule has 0 radical (unpaired) electrons. The molecule has 2 aliphatic rings. The molecule has 2 aromatic carbocycles. The molecule has 4 aromatic rings. The molecule has 1 amide bonds. The van der Waals surface area contributed by atoms with Crippen molar-refractivity contribution in [1.29, 1.82) is 0 Å². The highest BCUT2D eigenvalue weighted by Crippen LogP contribution is 2.35. The summed E-state index contributed by atoms with van der Waals surface area (Å²) >= 11 is 1.24. The molecule has 2 fully saturated rings. The van der Waals surface area contributed by atoms with Crippen molar-refractivity contribution in [3.8, 4) is 0 Å². The topological polar surface area (TPSA) is 91.5 Å². The van der Waals surface area contributed by atoms with Crippen molar-refractivity contribution in [2.45, 2.75) is 56.7 Å². The number of carbonyl (C=O) groups is 1. The van der Waals surface area contributed by atoms with Gasteiger partial charge in [0, 0.05) is 31.1 Å². The van der Waals surface area contributed by atoms with Gasteiger partial charge in [0.25, 0.3) is 5.91 Å². The Bertz CT molecular complexity index is 1330. The lowest BCUT2D eigenvalue weighted by atomic mass is 9.84. The van der Waals surface area contributed by atoms with E-state index < -0.39 is 5.60 Å². The van der Waals surface area contributed by atoms with E-state index in [9.17, 15) is 9.90 Å². The first-order valence-corrected chi connectivity index (χ1v) is 12.8. The second kappa shape index (κ2) is 8.76. The Morgan fingerprint density at radius 2 is 1.88 bits per heavy atom. The summed E-state index contributed by atoms with van der Waals surface area (Å²) in [6.45, 7) is 2.45. The van der Waals surface area contributed by atoms with Crippen molar-refractivity contribution in [3.05, 3.63) is 59.4 Å². The molecule has 176 valence electrons. The zero-order chi connectivity index (χ0) is 23.1. The summed E-state index contributed by atoms with van der Waals surface area (Å²) in [4.78, 5) is 15.0. The molecule has 0 bridgehead atoms. The van der Waals surface area contributed by atoms with Crippen LogP contribution in [0.3, 0.4) is 0 Å². The Kier molecular flexibility index (Phi) is 5.59. The number of hydrogen-bond acceptors (Lipinski definition) is 7. The quantitative estimate of drug-likeness (QED) is 0.438. The van der Waals surface area contributed by atoms with Gasteiger partial charge >= 0.3 is 0 Å². The van der Waals surface area contributed by atoms with Crippen molar-refractivity contribution in [2.75, 3.05) is 13.1 Å². The number of amides is 1. The van der Waals surface area contributed by atoms with Crippen molar-refractivity contribution in [1.82, 2.24) is 19.0 Å². The molecule has 7 nitrogen and oxygen atoms in total. The van der Waals surface area contributed by atoms with Crippen molar-refractivity contribution in [2.24, 2.45) is 0 Å². The van der Waals surface area contributed by atoms with Crippen LogP contribution in [0.5, 0.6) is 0 Å². The first kappa shape index (κ1) is 21.7. The lowest BCUT2D eigenvalue weighted by molar-refractivity contribution is -0.0276. The van der Waals surface area contributed by atoms with Crippen molar-refractivity contribution in [3.63, 3.8) is 0 Å². The highest BCUT2D eigenvalue weighted by atomic mass is 32.1. The van der Waals surface area contributed by atoms with Crippen LogP contribution in [-0.2, 0) is 12.1 Å². The second-order valence-electron chi connectivity index (χ2n) is 9.71. The van der Waals surface area contributed by atoms with Gasteiger partial charge in [-0.1, -0.05) is 25.0 Å². The third-order valence-corrected chi connectivity index (χ3v) is 7.93. The van der Waals surface area contributed by atoms with E-state index in [2.05, 4.69) is 31.1 Å². The summed E-state index contributed by atoms with van der Waals surface area (Å²) < 4.78 is 14.4. The summed E-state index contributed by atoms with van der Waals surface area (Å²) in [5.74, 6) is 0.191. The molecule has 8 heteroatoms. The van der Waals surface area contributed by atoms with Gasteiger partial charge in [0.15, 0.2) is 5.76 Å². The largest absolute Gasteiger partial charge is 0.451 e. The average Bonchev–Trinajstić information content (AvgIpc) is 3.60. The van der Waals surface area contributed by atoms with Gasteiger partial charge in [0.2, 0.25) is 0 Å². The molecule has 1 saturated carbocycles. The van der Waals surface area contributed by atoms with Crippen LogP contribution in [0.1, 0.15) is 60.2 Å². The maximum Gasteiger partial charge on any atom is 0.287 e. The number of hydrogen-bond donors (Lipinski definition) is 2. The predicted molar refractivity (Wildman–Crippen MR) is 132 cm³/mol. The van der Waals surface area contributed by atoms with Crippen molar-refractivity contribution >= 4 is 39.6 Å². The molecule has 6 rings (SSSR count). The van der Waals surface area contributed by atoms with Gasteiger partial charge in [-0.3, -0.25) is 9.69 Å². The minimum atomic E-state index is -0.878. The molecule has 1 aliphatic heterocycles. The number of likely N-dealkylation sites (tertiary alicyclic amines) is 1. The lowest BCUT2D eigenvalue weighted by Crippen LogP contribution is -2.42. The minimum Gasteiger partial charge on any atom is -0.451 e. The van der Waals surface area contributed by atoms with Crippen LogP contribution >= 0.6 is 11.7 Å². The molecule has 0 atom stereocenters. The number of fused-ring (bicyclic) bond motifs is 2. The Balaban J connectivity index is 1.13. The SMILES string of the molecule is O=C(NC1CCCC1)c1cc2cc(C3(O)CCN(Cc4ccc5nsnc5c4)CC3)ccc2o1. The molecule has 1 aliphatic carbocycles. The van der Waals surface area contributed by atoms with Gasteiger partial charge in [-0.05, 0) is 67.1 Å². The zero-order valence-corrected chi connectivity index (χ0v) is 19.8. The fourth-order valence-electron chi connectivity index (χ4n) is 5.33. The van der Waals surface area contributed by atoms with Crippen LogP contribution in [-0.4, -0.2) is 43.8 Å². The van der Waals surface area contributed by atoms with Gasteiger partial charge in [-0.15, -0.1) is 0 Å². The Morgan fingerprint density at radius 3 is 2.71 bits per heavy atom. The van der Waals surface area contributed by atoms with Crippen LogP contribution in [0.2, 0.25) is 0 Å². The molecule has 3 heterocycles. The number of aliphatic hydroxyl groups is 1. The molecule has 1 saturated heterocycles. The van der Waals surface area contributed by atoms with E-state index in [4.69, 9.17) is 4.42 Å². The van der Waals surface area contributed by atoms with E-state index >= 15 is 0 Å². The van der Waals surface area contributed by atoms with E-state index in [-0.39, 0.29) is 11.9 Å². The maximum absolute atomic E-state index is 12.6. The minimum absolute atomic E-state index is 0.150. The highest BCUT2D eigenvalue weighted by Gasteiger charge is 2.34. The number of rotatable bonds is 5. The van der Waals surface area contributed by atoms with Gasteiger partial charge in [0.05, 0.1) is 17.3 Å². The number of nitrogens with zero attached hydrogens (tertiary/aromatic N) is 3. The van der Waals surface area contributed by atoms with Gasteiger partial charge in [0.1, 0.15) is 16.6 Å². The molecule has 2 aromatic heterocycles. The fraction of sp³-hybridized carbons (Fsp3) is 0.423. The summed E-state index contributed by atoms with van der Waals surface area (Å²) in [5.41, 5.74) is 3.79. The van der Waals surface area contributed by atoms with Gasteiger partial charge in [-0.2, -0.15) is 8.75 Å². The van der Waals surface area contributed by atoms with Crippen LogP contribution in [0, 0.1) is 0 Å². The number of nitrogens with one attached hydrogen (secondary N) is 1. The van der Waals surface area contributed by atoms with E-state index in [0.717, 1.165) is 54.5 Å². The molecular formula is C26H28N4O3S. The van der Waals surface area contributed by atoms with Crippen LogP contribution in [0.25, 0.3) is 22.0 Å². The van der Waals surface area contributed by atoms with Crippen LogP contribution in [0.15, 0.2) is 46.9 Å². The number of furan rings is 1. The molecule has 0 spiro atoms. The lowest BCUT2D eigenvalue weighted by Gasteiger charge is -2.38. The number of carbonyl (C=O) groups excluding carboxylic acids is 1. The summed E-state index contributed by atoms with van der Waals surface area (Å²) in [6, 6.07) is 14.1. The predicted octanol–water partition coefficient (Wildman–Crippen LogP) is 4.59. The van der Waals surface area contributed by atoms with Gasteiger partial charge < -0.3 is 14.8 Å². The smallest absolute Gasteiger partial charge is 0.287 e. The summed E-state index contributed by atoms with van der Waals surface area (Å²) in [7, 11) is 0. The van der Waals surface area contributed by atoms with Crippen molar-refractivity contribution < 1.29 is 14.3 Å². The molecule has 34 heavy (non-hydrogen) atoms. The van der Waals surface area contributed by atoms with Crippen LogP contribution in [0.4, 0.5) is 0 Å². The van der Waals surface area contributed by atoms with Gasteiger partial charge in [-0.25, -0.2) is 0 Å². The Labute approximate surface area is 202 Å². The molecular weight excluding hydrogens is 448 g/mol. The van der Waals surface area contributed by atoms with E-state index in [1.54, 1.807) is 6.07 Å². The van der Waals surface area contributed by atoms with Crippen LogP contribution < -0.4 is 5.32 Å². The standard InChI is InChI=1S/C26H28N4O3S/c31-25(27-20-3-1-2-4-20)24-15-18-14-19(6-8-23(18)33-24)26(32)9-11-30(12-10-26)16-17-5-7-21-22(13-17)29-34-28-21/h5-8,13-15,20,32H,1-4,9-12,16H2,(H,27,31). The number of benzene rings is 2. The highest BCUT2D eigenvalue weighted by molar-refractivity contribution is 7.00. The number of aromatic nitrogens is 2. The zero-order valence-electron chi connectivity index (χ0n) is 19.0. The Morgan fingerprint density at radius 1 is 1.09 bits per heavy atom. The first-order chi connectivity index (χ1) is 16.6. The maximum atomic E-state index is 12.6. The molecule has 2 N–H and O–H groups in total. The average molecular weight is 477 g/mol. The fourth-order valence-corrected chi connectivity index (χ4v) is 5.84. The first-order valence-electron chi connectivity index (χ1n) is 12.1. The second-order valence-corrected chi connectivity index (χ2v) is 10.2. The third kappa shape index (κ3) is 4.21. The normalized spacial score (nSPS) is 19.2. The third-order valence-electron chi connectivity index (χ3n) is 7.38. The van der Waals surface area contributed by atoms with E-state index in [1.165, 1.54) is 30.1 Å². The number of piperidine rings is 1. The monoisotopic (exact) mass is 476 g/mol. The summed E-state index contributed by atoms with van der Waals surface area (Å²) in [6.07, 6.45) is 5.73. The Hall–Kier alpha value is -2.81. The van der Waals surface area contributed by atoms with E-state index in [0.29, 0.717) is 24.2 Å².